The summed E-state index contributed by atoms with van der Waals surface area (Å²) < 4.78 is 2.96. The number of aryl methyl sites for hydroxylation is 3. The Morgan fingerprint density at radius 3 is 2.47 bits per heavy atom. The molecule has 5 nitrogen and oxygen atoms in total. The number of hydrogen-bond donors (Lipinski definition) is 0. The van der Waals surface area contributed by atoms with Crippen molar-refractivity contribution in [3.8, 4) is 0 Å². The van der Waals surface area contributed by atoms with E-state index in [0.29, 0.717) is 18.0 Å². The molecule has 154 valence electrons. The van der Waals surface area contributed by atoms with Crippen molar-refractivity contribution in [3.63, 3.8) is 0 Å². The maximum absolute atomic E-state index is 13.4. The Balaban J connectivity index is 1.67. The van der Waals surface area contributed by atoms with Crippen LogP contribution in [0.2, 0.25) is 0 Å². The number of hydrogen-bond acceptors (Lipinski definition) is 4. The van der Waals surface area contributed by atoms with Gasteiger partial charge in [0, 0.05) is 19.2 Å². The van der Waals surface area contributed by atoms with Gasteiger partial charge in [0.15, 0.2) is 5.13 Å². The number of para-hydroxylation sites is 1. The average Bonchev–Trinajstić information content (AvgIpc) is 3.27. The van der Waals surface area contributed by atoms with Crippen LogP contribution in [0.1, 0.15) is 35.9 Å². The fourth-order valence-corrected chi connectivity index (χ4v) is 4.72. The molecule has 0 aliphatic heterocycles. The van der Waals surface area contributed by atoms with E-state index >= 15 is 0 Å². The normalized spacial score (nSPS) is 11.2. The van der Waals surface area contributed by atoms with E-state index in [4.69, 9.17) is 4.98 Å². The molecule has 0 spiro atoms. The van der Waals surface area contributed by atoms with Gasteiger partial charge in [-0.3, -0.25) is 14.4 Å². The quantitative estimate of drug-likeness (QED) is 0.415. The minimum absolute atomic E-state index is 0.0426. The van der Waals surface area contributed by atoms with Crippen molar-refractivity contribution in [2.75, 3.05) is 4.90 Å². The number of fused-ring (bicyclic) bond motifs is 1. The fraction of sp³-hybridized carbons (Fsp3) is 0.292. The first-order valence-corrected chi connectivity index (χ1v) is 11.1. The van der Waals surface area contributed by atoms with Crippen LogP contribution in [0, 0.1) is 13.8 Å². The summed E-state index contributed by atoms with van der Waals surface area (Å²) in [5.74, 6) is 0.0426. The van der Waals surface area contributed by atoms with Gasteiger partial charge in [-0.15, -0.1) is 0 Å². The van der Waals surface area contributed by atoms with Gasteiger partial charge in [-0.1, -0.05) is 42.5 Å². The molecule has 0 atom stereocenters. The largest absolute Gasteiger partial charge is 0.274 e. The first kappa shape index (κ1) is 20.3. The minimum Gasteiger partial charge on any atom is -0.274 e. The number of nitrogens with zero attached hydrogens (tertiary/aromatic N) is 4. The van der Waals surface area contributed by atoms with E-state index in [1.54, 1.807) is 16.2 Å². The lowest BCUT2D eigenvalue weighted by molar-refractivity contribution is -0.117. The molecule has 0 fully saturated rings. The first-order chi connectivity index (χ1) is 14.5. The predicted molar refractivity (Wildman–Crippen MR) is 124 cm³/mol. The van der Waals surface area contributed by atoms with Crippen LogP contribution >= 0.6 is 11.3 Å². The molecule has 0 unspecified atom stereocenters. The Morgan fingerprint density at radius 1 is 1.10 bits per heavy atom. The Kier molecular flexibility index (Phi) is 5.68. The molecule has 2 aromatic carbocycles. The molecular formula is C24H26N4OS. The number of aromatic nitrogens is 3. The molecule has 6 heteroatoms. The molecule has 0 aliphatic rings. The van der Waals surface area contributed by atoms with E-state index in [-0.39, 0.29) is 5.91 Å². The average molecular weight is 419 g/mol. The highest BCUT2D eigenvalue weighted by Gasteiger charge is 2.22. The van der Waals surface area contributed by atoms with E-state index in [1.807, 2.05) is 55.1 Å². The molecular weight excluding hydrogens is 392 g/mol. The maximum Gasteiger partial charge on any atom is 0.233 e. The third-order valence-electron chi connectivity index (χ3n) is 5.57. The summed E-state index contributed by atoms with van der Waals surface area (Å²) in [4.78, 5) is 20.0. The lowest BCUT2D eigenvalue weighted by Gasteiger charge is -2.20. The van der Waals surface area contributed by atoms with Crippen LogP contribution in [0.3, 0.4) is 0 Å². The van der Waals surface area contributed by atoms with E-state index < -0.39 is 0 Å². The van der Waals surface area contributed by atoms with Gasteiger partial charge in [-0.25, -0.2) is 4.98 Å². The lowest BCUT2D eigenvalue weighted by atomic mass is 10.1. The zero-order valence-electron chi connectivity index (χ0n) is 17.8. The second-order valence-electron chi connectivity index (χ2n) is 7.49. The van der Waals surface area contributed by atoms with Gasteiger partial charge in [0.05, 0.1) is 21.6 Å². The third kappa shape index (κ3) is 3.87. The molecule has 4 rings (SSSR count). The predicted octanol–water partition coefficient (Wildman–Crippen LogP) is 5.51. The van der Waals surface area contributed by atoms with Crippen LogP contribution in [-0.2, 0) is 24.7 Å². The Labute approximate surface area is 181 Å². The number of carbonyl (C=O) groups excluding carboxylic acids is 1. The van der Waals surface area contributed by atoms with Crippen LogP contribution in [0.5, 0.6) is 0 Å². The van der Waals surface area contributed by atoms with Crippen LogP contribution in [0.25, 0.3) is 10.2 Å². The number of anilines is 2. The van der Waals surface area contributed by atoms with Crippen molar-refractivity contribution >= 4 is 38.3 Å². The summed E-state index contributed by atoms with van der Waals surface area (Å²) >= 11 is 1.55. The van der Waals surface area contributed by atoms with Crippen LogP contribution in [0.4, 0.5) is 10.8 Å². The van der Waals surface area contributed by atoms with Crippen LogP contribution < -0.4 is 4.90 Å². The summed E-state index contributed by atoms with van der Waals surface area (Å²) in [5.41, 5.74) is 6.27. The van der Waals surface area contributed by atoms with Crippen molar-refractivity contribution in [2.45, 2.75) is 40.0 Å². The standard InChI is InChI=1S/C24H26N4OS/c1-5-18-10-12-19(13-11-18)28(24-25-21-8-6-7-9-22(21)30-24)23(29)15-14-20-16(2)26-27(4)17(20)3/h6-13H,5,14-15H2,1-4H3. The van der Waals surface area contributed by atoms with Gasteiger partial charge in [0.1, 0.15) is 0 Å². The van der Waals surface area contributed by atoms with E-state index in [9.17, 15) is 4.79 Å². The van der Waals surface area contributed by atoms with E-state index in [2.05, 4.69) is 31.1 Å². The maximum atomic E-state index is 13.4. The van der Waals surface area contributed by atoms with Gasteiger partial charge in [0.2, 0.25) is 5.91 Å². The Hall–Kier alpha value is -2.99. The second kappa shape index (κ2) is 8.40. The molecule has 0 saturated heterocycles. The van der Waals surface area contributed by atoms with Crippen molar-refractivity contribution in [1.82, 2.24) is 14.8 Å². The Bertz CT molecular complexity index is 1160. The zero-order valence-corrected chi connectivity index (χ0v) is 18.7. The fourth-order valence-electron chi connectivity index (χ4n) is 3.72. The number of benzene rings is 2. The highest BCUT2D eigenvalue weighted by molar-refractivity contribution is 7.22. The minimum atomic E-state index is 0.0426. The van der Waals surface area contributed by atoms with Gasteiger partial charge in [0.25, 0.3) is 0 Å². The number of amides is 1. The molecule has 2 heterocycles. The summed E-state index contributed by atoms with van der Waals surface area (Å²) in [6.45, 7) is 6.18. The summed E-state index contributed by atoms with van der Waals surface area (Å²) in [6, 6.07) is 16.2. The number of carbonyl (C=O) groups is 1. The monoisotopic (exact) mass is 418 g/mol. The molecule has 0 aliphatic carbocycles. The molecule has 2 aromatic heterocycles. The van der Waals surface area contributed by atoms with Crippen molar-refractivity contribution in [1.29, 1.82) is 0 Å². The lowest BCUT2D eigenvalue weighted by Crippen LogP contribution is -2.26. The highest BCUT2D eigenvalue weighted by Crippen LogP contribution is 2.34. The van der Waals surface area contributed by atoms with Crippen LogP contribution in [0.15, 0.2) is 48.5 Å². The smallest absolute Gasteiger partial charge is 0.233 e. The van der Waals surface area contributed by atoms with Crippen molar-refractivity contribution in [3.05, 3.63) is 71.0 Å². The number of thiazole rings is 1. The van der Waals surface area contributed by atoms with Gasteiger partial charge >= 0.3 is 0 Å². The summed E-state index contributed by atoms with van der Waals surface area (Å²) in [5, 5.41) is 5.19. The summed E-state index contributed by atoms with van der Waals surface area (Å²) in [6.07, 6.45) is 2.03. The first-order valence-electron chi connectivity index (χ1n) is 10.2. The van der Waals surface area contributed by atoms with Gasteiger partial charge < -0.3 is 0 Å². The summed E-state index contributed by atoms with van der Waals surface area (Å²) in [7, 11) is 1.94. The molecule has 0 radical (unpaired) electrons. The molecule has 1 amide bonds. The van der Waals surface area contributed by atoms with E-state index in [1.165, 1.54) is 5.56 Å². The van der Waals surface area contributed by atoms with Crippen molar-refractivity contribution < 1.29 is 4.79 Å². The zero-order chi connectivity index (χ0) is 21.3. The molecule has 0 saturated carbocycles. The molecule has 4 aromatic rings. The molecule has 0 bridgehead atoms. The van der Waals surface area contributed by atoms with Crippen LogP contribution in [-0.4, -0.2) is 20.7 Å². The van der Waals surface area contributed by atoms with Gasteiger partial charge in [-0.05, 0) is 62.1 Å². The van der Waals surface area contributed by atoms with E-state index in [0.717, 1.165) is 39.3 Å². The Morgan fingerprint density at radius 2 is 1.83 bits per heavy atom. The topological polar surface area (TPSA) is 51.0 Å². The molecule has 30 heavy (non-hydrogen) atoms. The highest BCUT2D eigenvalue weighted by atomic mass is 32.1. The SMILES string of the molecule is CCc1ccc(N(C(=O)CCc2c(C)nn(C)c2C)c2nc3ccccc3s2)cc1. The molecule has 0 N–H and O–H groups in total. The van der Waals surface area contributed by atoms with Gasteiger partial charge in [-0.2, -0.15) is 5.10 Å². The number of rotatable bonds is 6. The second-order valence-corrected chi connectivity index (χ2v) is 8.50. The van der Waals surface area contributed by atoms with Crippen molar-refractivity contribution in [2.24, 2.45) is 7.05 Å². The third-order valence-corrected chi connectivity index (χ3v) is 6.60.